The molecule has 0 amide bonds. The fourth-order valence-electron chi connectivity index (χ4n) is 1.56. The lowest BCUT2D eigenvalue weighted by atomic mass is 10.1. The Labute approximate surface area is 93.0 Å². The van der Waals surface area contributed by atoms with Crippen LogP contribution in [0.5, 0.6) is 5.75 Å². The average Bonchev–Trinajstić information content (AvgIpc) is 2.74. The summed E-state index contributed by atoms with van der Waals surface area (Å²) in [5.74, 6) is 0.935. The van der Waals surface area contributed by atoms with Crippen LogP contribution in [-0.4, -0.2) is 13.7 Å². The van der Waals surface area contributed by atoms with Crippen LogP contribution < -0.4 is 10.5 Å². The van der Waals surface area contributed by atoms with E-state index in [1.807, 2.05) is 12.1 Å². The summed E-state index contributed by atoms with van der Waals surface area (Å²) in [4.78, 5) is 0. The van der Waals surface area contributed by atoms with Gasteiger partial charge in [0.15, 0.2) is 0 Å². The van der Waals surface area contributed by atoms with Gasteiger partial charge in [-0.1, -0.05) is 18.2 Å². The molecule has 0 aliphatic heterocycles. The van der Waals surface area contributed by atoms with E-state index in [1.54, 1.807) is 18.4 Å². The van der Waals surface area contributed by atoms with Crippen molar-refractivity contribution >= 4 is 27.5 Å². The highest BCUT2D eigenvalue weighted by atomic mass is 32.1. The van der Waals surface area contributed by atoms with Crippen molar-refractivity contribution in [1.29, 1.82) is 0 Å². The van der Waals surface area contributed by atoms with E-state index in [0.29, 0.717) is 6.54 Å². The minimum Gasteiger partial charge on any atom is -0.495 e. The van der Waals surface area contributed by atoms with Crippen LogP contribution in [-0.2, 0) is 0 Å². The van der Waals surface area contributed by atoms with Crippen LogP contribution in [0.25, 0.3) is 16.2 Å². The fourth-order valence-corrected chi connectivity index (χ4v) is 2.48. The van der Waals surface area contributed by atoms with Gasteiger partial charge in [0, 0.05) is 11.9 Å². The molecule has 0 saturated carbocycles. The summed E-state index contributed by atoms with van der Waals surface area (Å²) in [7, 11) is 1.70. The first-order valence-corrected chi connectivity index (χ1v) is 5.65. The van der Waals surface area contributed by atoms with E-state index >= 15 is 0 Å². The Morgan fingerprint density at radius 3 is 3.00 bits per heavy atom. The highest BCUT2D eigenvalue weighted by molar-refractivity contribution is 7.17. The standard InChI is InChI=1S/C12H13NOS/c1-14-11-5-4-9(3-2-7-13)10-6-8-15-12(10)11/h2-6,8H,7,13H2,1H3/b3-2+. The number of benzene rings is 1. The smallest absolute Gasteiger partial charge is 0.136 e. The van der Waals surface area contributed by atoms with Gasteiger partial charge in [-0.2, -0.15) is 0 Å². The Morgan fingerprint density at radius 1 is 1.40 bits per heavy atom. The molecule has 1 heterocycles. The molecule has 0 spiro atoms. The van der Waals surface area contributed by atoms with Crippen LogP contribution in [0.2, 0.25) is 0 Å². The Bertz CT molecular complexity index is 487. The molecular weight excluding hydrogens is 206 g/mol. The first-order valence-electron chi connectivity index (χ1n) is 4.77. The molecule has 15 heavy (non-hydrogen) atoms. The number of rotatable bonds is 3. The normalized spacial score (nSPS) is 11.3. The van der Waals surface area contributed by atoms with Gasteiger partial charge in [0.2, 0.25) is 0 Å². The van der Waals surface area contributed by atoms with Gasteiger partial charge < -0.3 is 10.5 Å². The monoisotopic (exact) mass is 219 g/mol. The third-order valence-electron chi connectivity index (χ3n) is 2.27. The molecule has 0 atom stereocenters. The maximum Gasteiger partial charge on any atom is 0.136 e. The lowest BCUT2D eigenvalue weighted by Gasteiger charge is -2.03. The number of fused-ring (bicyclic) bond motifs is 1. The van der Waals surface area contributed by atoms with E-state index in [1.165, 1.54) is 15.6 Å². The third kappa shape index (κ3) is 1.89. The largest absolute Gasteiger partial charge is 0.495 e. The van der Waals surface area contributed by atoms with Crippen LogP contribution in [0.15, 0.2) is 29.7 Å². The van der Waals surface area contributed by atoms with Crippen molar-refractivity contribution in [3.63, 3.8) is 0 Å². The third-order valence-corrected chi connectivity index (χ3v) is 3.20. The molecular formula is C12H13NOS. The highest BCUT2D eigenvalue weighted by Crippen LogP contribution is 2.33. The molecule has 0 bridgehead atoms. The molecule has 0 saturated heterocycles. The van der Waals surface area contributed by atoms with Crippen LogP contribution in [0.1, 0.15) is 5.56 Å². The van der Waals surface area contributed by atoms with E-state index in [4.69, 9.17) is 10.5 Å². The zero-order valence-corrected chi connectivity index (χ0v) is 9.38. The van der Waals surface area contributed by atoms with Crippen molar-refractivity contribution < 1.29 is 4.74 Å². The van der Waals surface area contributed by atoms with E-state index in [-0.39, 0.29) is 0 Å². The predicted molar refractivity (Wildman–Crippen MR) is 66.5 cm³/mol. The minimum absolute atomic E-state index is 0.567. The predicted octanol–water partition coefficient (Wildman–Crippen LogP) is 2.88. The summed E-state index contributed by atoms with van der Waals surface area (Å²) in [5, 5.41) is 3.30. The van der Waals surface area contributed by atoms with Crippen molar-refractivity contribution in [3.05, 3.63) is 35.2 Å². The van der Waals surface area contributed by atoms with Crippen LogP contribution >= 0.6 is 11.3 Å². The molecule has 2 rings (SSSR count). The summed E-state index contributed by atoms with van der Waals surface area (Å²) in [6.45, 7) is 0.567. The quantitative estimate of drug-likeness (QED) is 0.861. The van der Waals surface area contributed by atoms with Crippen LogP contribution in [0, 0.1) is 0 Å². The Balaban J connectivity index is 2.58. The van der Waals surface area contributed by atoms with Gasteiger partial charge in [0.25, 0.3) is 0 Å². The van der Waals surface area contributed by atoms with E-state index in [0.717, 1.165) is 5.75 Å². The van der Waals surface area contributed by atoms with Crippen molar-refractivity contribution in [2.24, 2.45) is 5.73 Å². The molecule has 2 N–H and O–H groups in total. The van der Waals surface area contributed by atoms with Crippen molar-refractivity contribution in [1.82, 2.24) is 0 Å². The zero-order chi connectivity index (χ0) is 10.7. The van der Waals surface area contributed by atoms with Gasteiger partial charge in [-0.3, -0.25) is 0 Å². The number of ether oxygens (including phenoxy) is 1. The second-order valence-corrected chi connectivity index (χ2v) is 4.07. The van der Waals surface area contributed by atoms with Crippen molar-refractivity contribution in [2.45, 2.75) is 0 Å². The summed E-state index contributed by atoms with van der Waals surface area (Å²) in [6.07, 6.45) is 4.01. The molecule has 0 radical (unpaired) electrons. The lowest BCUT2D eigenvalue weighted by Crippen LogP contribution is -1.92. The van der Waals surface area contributed by atoms with Gasteiger partial charge in [-0.25, -0.2) is 0 Å². The zero-order valence-electron chi connectivity index (χ0n) is 8.57. The highest BCUT2D eigenvalue weighted by Gasteiger charge is 2.05. The van der Waals surface area contributed by atoms with Gasteiger partial charge in [-0.15, -0.1) is 11.3 Å². The fraction of sp³-hybridized carbons (Fsp3) is 0.167. The van der Waals surface area contributed by atoms with E-state index in [9.17, 15) is 0 Å². The number of methoxy groups -OCH3 is 1. The first kappa shape index (κ1) is 10.2. The maximum absolute atomic E-state index is 5.44. The minimum atomic E-state index is 0.567. The Hall–Kier alpha value is -1.32. The molecule has 1 aromatic heterocycles. The number of hydrogen-bond donors (Lipinski definition) is 1. The molecule has 0 aliphatic rings. The second-order valence-electron chi connectivity index (χ2n) is 3.16. The van der Waals surface area contributed by atoms with Crippen molar-refractivity contribution in [3.8, 4) is 5.75 Å². The molecule has 2 aromatic rings. The SMILES string of the molecule is COc1ccc(/C=C/CN)c2ccsc12. The molecule has 1 aromatic carbocycles. The van der Waals surface area contributed by atoms with E-state index in [2.05, 4.69) is 23.6 Å². The van der Waals surface area contributed by atoms with E-state index < -0.39 is 0 Å². The summed E-state index contributed by atoms with van der Waals surface area (Å²) >= 11 is 1.70. The summed E-state index contributed by atoms with van der Waals surface area (Å²) < 4.78 is 6.50. The van der Waals surface area contributed by atoms with Crippen molar-refractivity contribution in [2.75, 3.05) is 13.7 Å². The van der Waals surface area contributed by atoms with Crippen LogP contribution in [0.4, 0.5) is 0 Å². The number of thiophene rings is 1. The van der Waals surface area contributed by atoms with Gasteiger partial charge in [0.1, 0.15) is 5.75 Å². The number of hydrogen-bond acceptors (Lipinski definition) is 3. The summed E-state index contributed by atoms with van der Waals surface area (Å²) in [5.41, 5.74) is 6.64. The molecule has 2 nitrogen and oxygen atoms in total. The van der Waals surface area contributed by atoms with Gasteiger partial charge >= 0.3 is 0 Å². The first-order chi connectivity index (χ1) is 7.36. The maximum atomic E-state index is 5.44. The molecule has 0 aliphatic carbocycles. The van der Waals surface area contributed by atoms with Crippen LogP contribution in [0.3, 0.4) is 0 Å². The molecule has 0 unspecified atom stereocenters. The molecule has 3 heteroatoms. The lowest BCUT2D eigenvalue weighted by molar-refractivity contribution is 0.420. The molecule has 0 fully saturated rings. The van der Waals surface area contributed by atoms with Gasteiger partial charge in [0.05, 0.1) is 11.8 Å². The number of nitrogens with two attached hydrogens (primary N) is 1. The topological polar surface area (TPSA) is 35.2 Å². The molecule has 78 valence electrons. The second kappa shape index (κ2) is 4.47. The average molecular weight is 219 g/mol. The Morgan fingerprint density at radius 2 is 2.27 bits per heavy atom. The summed E-state index contributed by atoms with van der Waals surface area (Å²) in [6, 6.07) is 6.16. The Kier molecular flexibility index (Phi) is 3.04. The van der Waals surface area contributed by atoms with Gasteiger partial charge in [-0.05, 0) is 23.1 Å².